The Labute approximate surface area is 188 Å². The van der Waals surface area contributed by atoms with E-state index in [9.17, 15) is 32.1 Å². The minimum atomic E-state index is -4.71. The number of hydrogen-bond acceptors (Lipinski definition) is 6. The number of rotatable bonds is 7. The first kappa shape index (κ1) is 24.0. The van der Waals surface area contributed by atoms with E-state index in [0.717, 1.165) is 12.1 Å². The van der Waals surface area contributed by atoms with Crippen LogP contribution in [-0.4, -0.2) is 36.4 Å². The number of ketones is 2. The third-order valence-electron chi connectivity index (χ3n) is 2.64. The second-order valence-electron chi connectivity index (χ2n) is 5.04. The first-order valence-corrected chi connectivity index (χ1v) is 8.13. The predicted octanol–water partition coefficient (Wildman–Crippen LogP) is -2.11. The molecule has 0 aromatic heterocycles. The van der Waals surface area contributed by atoms with Crippen LogP contribution in [0.25, 0.3) is 0 Å². The molecule has 1 aromatic carbocycles. The van der Waals surface area contributed by atoms with Crippen molar-refractivity contribution in [2.24, 2.45) is 0 Å². The molecule has 0 fully saturated rings. The molecule has 132 valence electrons. The molecule has 0 saturated heterocycles. The molecule has 0 heterocycles. The fraction of sp³-hybridized carbons (Fsp3) is 0.286. The smallest absolute Gasteiger partial charge is 1.00 e. The number of hydrogen-bond donors (Lipinski definition) is 3. The van der Waals surface area contributed by atoms with Crippen molar-refractivity contribution >= 4 is 44.9 Å². The van der Waals surface area contributed by atoms with Crippen molar-refractivity contribution in [3.8, 4) is 0 Å². The summed E-state index contributed by atoms with van der Waals surface area (Å²) in [5.74, 6) is -2.21. The molecule has 0 spiro atoms. The van der Waals surface area contributed by atoms with Crippen molar-refractivity contribution in [3.05, 3.63) is 18.2 Å². The van der Waals surface area contributed by atoms with Crippen LogP contribution in [0.3, 0.4) is 0 Å². The second kappa shape index (κ2) is 10.3. The molecular weight excluding hydrogens is 379 g/mol. The first-order valence-electron chi connectivity index (χ1n) is 6.69. The Hall–Kier alpha value is -0.954. The number of carbonyl (C=O) groups is 4. The van der Waals surface area contributed by atoms with Gasteiger partial charge in [0.15, 0.2) is 0 Å². The van der Waals surface area contributed by atoms with Crippen LogP contribution >= 0.6 is 0 Å². The molecule has 1 aromatic rings. The van der Waals surface area contributed by atoms with Crippen molar-refractivity contribution in [3.63, 3.8) is 0 Å². The van der Waals surface area contributed by atoms with E-state index in [-0.39, 0.29) is 70.0 Å². The molecule has 0 aliphatic carbocycles. The monoisotopic (exact) mass is 396 g/mol. The number of benzene rings is 1. The predicted molar refractivity (Wildman–Crippen MR) is 85.2 cm³/mol. The van der Waals surface area contributed by atoms with Gasteiger partial charge in [-0.2, -0.15) is 8.42 Å². The van der Waals surface area contributed by atoms with Gasteiger partial charge in [-0.05, 0) is 32.0 Å². The standard InChI is InChI=1S/C14H16N2O7S.K.H/c1-8(17)5-13(19)15-10-3-4-11(12(7-10)24(21,22)23)16-14(20)6-9(2)18;;/h3-4,7H,5-6H2,1-2H3,(H,15,19)(H,16,20)(H,21,22,23);;/q;+1;-1. The summed E-state index contributed by atoms with van der Waals surface area (Å²) in [5, 5.41) is 4.49. The summed E-state index contributed by atoms with van der Waals surface area (Å²) < 4.78 is 32.1. The zero-order chi connectivity index (χ0) is 18.5. The van der Waals surface area contributed by atoms with Gasteiger partial charge >= 0.3 is 51.4 Å². The van der Waals surface area contributed by atoms with E-state index in [1.807, 2.05) is 0 Å². The minimum Gasteiger partial charge on any atom is -1.00 e. The topological polar surface area (TPSA) is 147 Å². The van der Waals surface area contributed by atoms with Gasteiger partial charge in [0.25, 0.3) is 10.1 Å². The van der Waals surface area contributed by atoms with E-state index in [1.165, 1.54) is 19.9 Å². The molecule has 2 amide bonds. The number of Topliss-reactive ketones (excluding diaryl/α,β-unsaturated/α-hetero) is 2. The maximum atomic E-state index is 11.6. The maximum Gasteiger partial charge on any atom is 1.00 e. The van der Waals surface area contributed by atoms with Crippen LogP contribution in [0.1, 0.15) is 28.1 Å². The quantitative estimate of drug-likeness (QED) is 0.271. The average molecular weight is 396 g/mol. The number of amides is 2. The first-order chi connectivity index (χ1) is 11.0. The van der Waals surface area contributed by atoms with Crippen LogP contribution < -0.4 is 62.0 Å². The second-order valence-corrected chi connectivity index (χ2v) is 6.43. The van der Waals surface area contributed by atoms with E-state index in [2.05, 4.69) is 10.6 Å². The maximum absolute atomic E-state index is 11.6. The summed E-state index contributed by atoms with van der Waals surface area (Å²) in [5.41, 5.74) is -0.230. The van der Waals surface area contributed by atoms with Gasteiger partial charge in [-0.25, -0.2) is 0 Å². The van der Waals surface area contributed by atoms with Gasteiger partial charge in [-0.1, -0.05) is 0 Å². The molecule has 0 saturated carbocycles. The van der Waals surface area contributed by atoms with Crippen LogP contribution in [0.4, 0.5) is 11.4 Å². The SMILES string of the molecule is CC(=O)CC(=O)Nc1ccc(NC(=O)CC(C)=O)c(S(=O)(=O)O)c1.[H-].[K+]. The number of nitrogens with one attached hydrogen (secondary N) is 2. The van der Waals surface area contributed by atoms with Gasteiger partial charge in [0.1, 0.15) is 16.5 Å². The largest absolute Gasteiger partial charge is 1.00 e. The summed E-state index contributed by atoms with van der Waals surface area (Å²) in [6.07, 6.45) is -0.847. The Balaban J connectivity index is 0. The Morgan fingerprint density at radius 2 is 1.48 bits per heavy atom. The summed E-state index contributed by atoms with van der Waals surface area (Å²) in [7, 11) is -4.71. The molecule has 0 atom stereocenters. The Morgan fingerprint density at radius 3 is 1.92 bits per heavy atom. The van der Waals surface area contributed by atoms with Crippen LogP contribution in [-0.2, 0) is 29.3 Å². The number of anilines is 2. The molecule has 11 heteroatoms. The molecule has 3 N–H and O–H groups in total. The molecule has 25 heavy (non-hydrogen) atoms. The zero-order valence-corrected chi connectivity index (χ0v) is 17.9. The molecule has 1 rings (SSSR count). The summed E-state index contributed by atoms with van der Waals surface area (Å²) in [6, 6.07) is 3.34. The summed E-state index contributed by atoms with van der Waals surface area (Å²) in [6.45, 7) is 2.41. The molecule has 0 aliphatic rings. The molecule has 0 unspecified atom stereocenters. The van der Waals surface area contributed by atoms with Crippen molar-refractivity contribution in [1.29, 1.82) is 0 Å². The molecule has 0 bridgehead atoms. The van der Waals surface area contributed by atoms with Crippen molar-refractivity contribution < 1.29 is 85.0 Å². The van der Waals surface area contributed by atoms with E-state index in [1.54, 1.807) is 0 Å². The van der Waals surface area contributed by atoms with Gasteiger partial charge in [0.05, 0.1) is 18.5 Å². The molecular formula is C14H17KN2O7S. The number of carbonyl (C=O) groups excluding carboxylic acids is 4. The van der Waals surface area contributed by atoms with E-state index in [0.29, 0.717) is 0 Å². The van der Waals surface area contributed by atoms with Crippen molar-refractivity contribution in [1.82, 2.24) is 0 Å². The molecule has 9 nitrogen and oxygen atoms in total. The summed E-state index contributed by atoms with van der Waals surface area (Å²) in [4.78, 5) is 44.2. The molecule has 0 aliphatic heterocycles. The van der Waals surface area contributed by atoms with Gasteiger partial charge in [-0.15, -0.1) is 0 Å². The Kier molecular flexibility index (Phi) is 9.87. The Morgan fingerprint density at radius 1 is 1.00 bits per heavy atom. The van der Waals surface area contributed by atoms with Crippen LogP contribution in [0, 0.1) is 0 Å². The molecule has 0 radical (unpaired) electrons. The fourth-order valence-corrected chi connectivity index (χ4v) is 2.44. The third-order valence-corrected chi connectivity index (χ3v) is 3.53. The van der Waals surface area contributed by atoms with Gasteiger partial charge < -0.3 is 12.1 Å². The fourth-order valence-electron chi connectivity index (χ4n) is 1.77. The van der Waals surface area contributed by atoms with E-state index in [4.69, 9.17) is 0 Å². The van der Waals surface area contributed by atoms with Gasteiger partial charge in [-0.3, -0.25) is 23.7 Å². The normalized spacial score (nSPS) is 10.4. The van der Waals surface area contributed by atoms with E-state index < -0.39 is 45.5 Å². The van der Waals surface area contributed by atoms with Crippen LogP contribution in [0.2, 0.25) is 0 Å². The summed E-state index contributed by atoms with van der Waals surface area (Å²) >= 11 is 0. The van der Waals surface area contributed by atoms with Gasteiger partial charge in [0, 0.05) is 5.69 Å². The van der Waals surface area contributed by atoms with Crippen molar-refractivity contribution in [2.75, 3.05) is 10.6 Å². The van der Waals surface area contributed by atoms with Crippen LogP contribution in [0.5, 0.6) is 0 Å². The van der Waals surface area contributed by atoms with E-state index >= 15 is 0 Å². The third kappa shape index (κ3) is 8.81. The van der Waals surface area contributed by atoms with Crippen molar-refractivity contribution in [2.45, 2.75) is 31.6 Å². The minimum absolute atomic E-state index is 0. The Bertz CT molecular complexity index is 812. The van der Waals surface area contributed by atoms with Gasteiger partial charge in [0.2, 0.25) is 11.8 Å². The zero-order valence-electron chi connectivity index (χ0n) is 15.0. The average Bonchev–Trinajstić information content (AvgIpc) is 2.37. The van der Waals surface area contributed by atoms with Crippen LogP contribution in [0.15, 0.2) is 23.1 Å².